The van der Waals surface area contributed by atoms with Crippen molar-refractivity contribution in [2.24, 2.45) is 0 Å². The second kappa shape index (κ2) is 6.20. The van der Waals surface area contributed by atoms with E-state index >= 15 is 0 Å². The number of hydrogen-bond donors (Lipinski definition) is 1. The minimum Gasteiger partial charge on any atom is -0.285 e. The molecule has 106 valence electrons. The molecule has 0 saturated heterocycles. The molecule has 0 spiro atoms. The average molecular weight is 290 g/mol. The number of rotatable bonds is 5. The van der Waals surface area contributed by atoms with Crippen LogP contribution in [0.1, 0.15) is 30.4 Å². The Bertz CT molecular complexity index is 596. The second-order valence-corrected chi connectivity index (χ2v) is 6.40. The van der Waals surface area contributed by atoms with Crippen molar-refractivity contribution >= 4 is 10.1 Å². The Morgan fingerprint density at radius 3 is 1.60 bits per heavy atom. The van der Waals surface area contributed by atoms with Gasteiger partial charge in [-0.25, -0.2) is 0 Å². The molecule has 0 aliphatic carbocycles. The second-order valence-electron chi connectivity index (χ2n) is 4.76. The van der Waals surface area contributed by atoms with Crippen LogP contribution in [-0.4, -0.2) is 18.2 Å². The lowest BCUT2D eigenvalue weighted by atomic mass is 9.87. The minimum absolute atomic E-state index is 0.354. The van der Waals surface area contributed by atoms with Crippen molar-refractivity contribution in [2.45, 2.75) is 24.5 Å². The summed E-state index contributed by atoms with van der Waals surface area (Å²) in [5.41, 5.74) is 1.78. The summed E-state index contributed by atoms with van der Waals surface area (Å²) in [4.78, 5) is 0. The van der Waals surface area contributed by atoms with Crippen molar-refractivity contribution < 1.29 is 13.0 Å². The molecule has 0 aromatic heterocycles. The van der Waals surface area contributed by atoms with Gasteiger partial charge in [-0.2, -0.15) is 8.42 Å². The van der Waals surface area contributed by atoms with Crippen LogP contribution in [0.5, 0.6) is 0 Å². The van der Waals surface area contributed by atoms with Gasteiger partial charge in [0, 0.05) is 5.92 Å². The molecule has 3 nitrogen and oxygen atoms in total. The molecule has 0 radical (unpaired) electrons. The molecule has 4 heteroatoms. The van der Waals surface area contributed by atoms with Crippen LogP contribution in [0.2, 0.25) is 0 Å². The molecule has 0 amide bonds. The van der Waals surface area contributed by atoms with Gasteiger partial charge >= 0.3 is 0 Å². The van der Waals surface area contributed by atoms with Gasteiger partial charge in [0.05, 0.1) is 5.25 Å². The van der Waals surface area contributed by atoms with E-state index in [0.29, 0.717) is 6.42 Å². The zero-order chi connectivity index (χ0) is 14.6. The summed E-state index contributed by atoms with van der Waals surface area (Å²) in [5.74, 6) is -0.364. The Kier molecular flexibility index (Phi) is 4.57. The van der Waals surface area contributed by atoms with E-state index < -0.39 is 15.4 Å². The zero-order valence-electron chi connectivity index (χ0n) is 11.3. The summed E-state index contributed by atoms with van der Waals surface area (Å²) in [7, 11) is -4.11. The van der Waals surface area contributed by atoms with Gasteiger partial charge in [-0.3, -0.25) is 4.55 Å². The van der Waals surface area contributed by atoms with Crippen molar-refractivity contribution in [3.8, 4) is 0 Å². The van der Waals surface area contributed by atoms with Crippen LogP contribution >= 0.6 is 0 Å². The lowest BCUT2D eigenvalue weighted by Gasteiger charge is -2.25. The average Bonchev–Trinajstić information content (AvgIpc) is 2.45. The number of hydrogen-bond acceptors (Lipinski definition) is 2. The zero-order valence-corrected chi connectivity index (χ0v) is 12.1. The third-order valence-electron chi connectivity index (χ3n) is 3.47. The van der Waals surface area contributed by atoms with Crippen molar-refractivity contribution in [3.05, 3.63) is 71.8 Å². The highest BCUT2D eigenvalue weighted by Gasteiger charge is 2.32. The smallest absolute Gasteiger partial charge is 0.268 e. The van der Waals surface area contributed by atoms with Crippen LogP contribution in [0.3, 0.4) is 0 Å². The SMILES string of the molecule is CCC(C(c1ccccc1)c1ccccc1)S(=O)(=O)O. The van der Waals surface area contributed by atoms with E-state index in [1.807, 2.05) is 60.7 Å². The van der Waals surface area contributed by atoms with Gasteiger partial charge < -0.3 is 0 Å². The van der Waals surface area contributed by atoms with Crippen LogP contribution in [-0.2, 0) is 10.1 Å². The third-order valence-corrected chi connectivity index (χ3v) is 4.84. The van der Waals surface area contributed by atoms with Gasteiger partial charge in [-0.05, 0) is 17.5 Å². The highest BCUT2D eigenvalue weighted by Crippen LogP contribution is 2.33. The third kappa shape index (κ3) is 3.26. The van der Waals surface area contributed by atoms with E-state index in [1.165, 1.54) is 0 Å². The molecule has 2 rings (SSSR count). The monoisotopic (exact) mass is 290 g/mol. The maximum Gasteiger partial charge on any atom is 0.268 e. The van der Waals surface area contributed by atoms with Crippen LogP contribution in [0, 0.1) is 0 Å². The van der Waals surface area contributed by atoms with Crippen molar-refractivity contribution in [1.29, 1.82) is 0 Å². The van der Waals surface area contributed by atoms with Crippen molar-refractivity contribution in [1.82, 2.24) is 0 Å². The van der Waals surface area contributed by atoms with Gasteiger partial charge in [0.15, 0.2) is 0 Å². The first kappa shape index (κ1) is 14.8. The van der Waals surface area contributed by atoms with Gasteiger partial charge in [0.1, 0.15) is 0 Å². The molecule has 1 N–H and O–H groups in total. The molecule has 1 unspecified atom stereocenters. The maximum atomic E-state index is 11.7. The van der Waals surface area contributed by atoms with E-state index in [1.54, 1.807) is 6.92 Å². The molecular formula is C16H18O3S. The molecule has 1 atom stereocenters. The van der Waals surface area contributed by atoms with Gasteiger partial charge in [0.2, 0.25) is 0 Å². The van der Waals surface area contributed by atoms with E-state index in [4.69, 9.17) is 0 Å². The molecule has 0 bridgehead atoms. The summed E-state index contributed by atoms with van der Waals surface area (Å²) in [6, 6.07) is 18.9. The van der Waals surface area contributed by atoms with Gasteiger partial charge in [-0.1, -0.05) is 67.6 Å². The molecule has 2 aromatic rings. The Morgan fingerprint density at radius 1 is 0.900 bits per heavy atom. The van der Waals surface area contributed by atoms with E-state index in [-0.39, 0.29) is 5.92 Å². The maximum absolute atomic E-state index is 11.7. The number of benzene rings is 2. The Balaban J connectivity index is 2.56. The summed E-state index contributed by atoms with van der Waals surface area (Å²) < 4.78 is 33.0. The molecule has 0 fully saturated rings. The highest BCUT2D eigenvalue weighted by atomic mass is 32.2. The fourth-order valence-electron chi connectivity index (χ4n) is 2.56. The molecule has 0 aliphatic rings. The van der Waals surface area contributed by atoms with Crippen LogP contribution in [0.25, 0.3) is 0 Å². The topological polar surface area (TPSA) is 54.4 Å². The van der Waals surface area contributed by atoms with Crippen LogP contribution in [0.4, 0.5) is 0 Å². The molecule has 2 aromatic carbocycles. The predicted molar refractivity (Wildman–Crippen MR) is 80.4 cm³/mol. The first-order valence-electron chi connectivity index (χ1n) is 6.60. The van der Waals surface area contributed by atoms with Crippen molar-refractivity contribution in [3.63, 3.8) is 0 Å². The summed E-state index contributed by atoms with van der Waals surface area (Å²) >= 11 is 0. The molecular weight excluding hydrogens is 272 g/mol. The van der Waals surface area contributed by atoms with Crippen LogP contribution in [0.15, 0.2) is 60.7 Å². The summed E-state index contributed by atoms with van der Waals surface area (Å²) in [6.07, 6.45) is 0.354. The fourth-order valence-corrected chi connectivity index (χ4v) is 3.64. The standard InChI is InChI=1S/C16H18O3S/c1-2-15(20(17,18)19)16(13-9-5-3-6-10-13)14-11-7-4-8-12-14/h3-12,15-16H,2H2,1H3,(H,17,18,19). The molecule has 0 saturated carbocycles. The van der Waals surface area contributed by atoms with Gasteiger partial charge in [0.25, 0.3) is 10.1 Å². The van der Waals surface area contributed by atoms with Crippen molar-refractivity contribution in [2.75, 3.05) is 0 Å². The minimum atomic E-state index is -4.11. The molecule has 0 aliphatic heterocycles. The largest absolute Gasteiger partial charge is 0.285 e. The Morgan fingerprint density at radius 2 is 1.30 bits per heavy atom. The lowest BCUT2D eigenvalue weighted by molar-refractivity contribution is 0.456. The predicted octanol–water partition coefficient (Wildman–Crippen LogP) is 3.48. The fraction of sp³-hybridized carbons (Fsp3) is 0.250. The van der Waals surface area contributed by atoms with E-state index in [9.17, 15) is 13.0 Å². The Labute approximate surface area is 120 Å². The molecule has 20 heavy (non-hydrogen) atoms. The highest BCUT2D eigenvalue weighted by molar-refractivity contribution is 7.86. The molecule has 0 heterocycles. The lowest BCUT2D eigenvalue weighted by Crippen LogP contribution is -2.28. The quantitative estimate of drug-likeness (QED) is 0.858. The first-order chi connectivity index (χ1) is 9.54. The normalized spacial score (nSPS) is 13.3. The van der Waals surface area contributed by atoms with Gasteiger partial charge in [-0.15, -0.1) is 0 Å². The van der Waals surface area contributed by atoms with E-state index in [2.05, 4.69) is 0 Å². The van der Waals surface area contributed by atoms with Crippen LogP contribution < -0.4 is 0 Å². The summed E-state index contributed by atoms with van der Waals surface area (Å²) in [6.45, 7) is 1.78. The summed E-state index contributed by atoms with van der Waals surface area (Å²) in [5, 5.41) is -0.840. The van der Waals surface area contributed by atoms with E-state index in [0.717, 1.165) is 11.1 Å². The Hall–Kier alpha value is -1.65. The first-order valence-corrected chi connectivity index (χ1v) is 8.10.